The lowest BCUT2D eigenvalue weighted by molar-refractivity contribution is -0.873. The highest BCUT2D eigenvalue weighted by atomic mass is 16.8. The fourth-order valence-corrected chi connectivity index (χ4v) is 5.51. The van der Waals surface area contributed by atoms with E-state index in [1.807, 2.05) is 21.1 Å². The van der Waals surface area contributed by atoms with Gasteiger partial charge in [0.05, 0.1) is 47.6 Å². The van der Waals surface area contributed by atoms with E-state index < -0.39 is 111 Å². The summed E-state index contributed by atoms with van der Waals surface area (Å²) in [6.07, 6.45) is -23.3. The third-order valence-electron chi connectivity index (χ3n) is 7.72. The number of aliphatic hydroxyl groups is 9. The van der Waals surface area contributed by atoms with Crippen LogP contribution in [0.3, 0.4) is 0 Å². The van der Waals surface area contributed by atoms with Crippen molar-refractivity contribution in [3.05, 3.63) is 0 Å². The monoisotopic (exact) mass is 648 g/mol. The molecule has 44 heavy (non-hydrogen) atoms. The molecule has 3 fully saturated rings. The van der Waals surface area contributed by atoms with Crippen molar-refractivity contribution in [2.24, 2.45) is 0 Å². The fraction of sp³-hybridized carbons (Fsp3) is 1.00. The molecule has 0 aliphatic carbocycles. The van der Waals surface area contributed by atoms with Crippen LogP contribution in [-0.4, -0.2) is 217 Å². The van der Waals surface area contributed by atoms with Crippen LogP contribution in [0.2, 0.25) is 0 Å². The Morgan fingerprint density at radius 1 is 0.614 bits per heavy atom. The molecule has 3 rings (SSSR count). The van der Waals surface area contributed by atoms with E-state index >= 15 is 0 Å². The Labute approximate surface area is 255 Å². The van der Waals surface area contributed by atoms with Gasteiger partial charge in [-0.15, -0.1) is 0 Å². The second-order valence-corrected chi connectivity index (χ2v) is 12.2. The van der Waals surface area contributed by atoms with Crippen molar-refractivity contribution in [1.82, 2.24) is 0 Å². The maximum absolute atomic E-state index is 11.2. The van der Waals surface area contributed by atoms with E-state index in [0.29, 0.717) is 11.0 Å². The molecular formula is C26H50NO17+. The van der Waals surface area contributed by atoms with E-state index in [9.17, 15) is 46.0 Å². The minimum Gasteiger partial charge on any atom is -0.394 e. The van der Waals surface area contributed by atoms with E-state index in [-0.39, 0.29) is 13.2 Å². The molecule has 0 spiro atoms. The van der Waals surface area contributed by atoms with Gasteiger partial charge in [-0.05, 0) is 0 Å². The molecule has 0 aromatic carbocycles. The van der Waals surface area contributed by atoms with Crippen molar-refractivity contribution >= 4 is 0 Å². The third kappa shape index (κ3) is 9.00. The summed E-state index contributed by atoms with van der Waals surface area (Å²) in [5, 5.41) is 94.3. The van der Waals surface area contributed by atoms with Gasteiger partial charge in [0.1, 0.15) is 85.9 Å². The molecule has 9 N–H and O–H groups in total. The lowest BCUT2D eigenvalue weighted by Gasteiger charge is -2.48. The average Bonchev–Trinajstić information content (AvgIpc) is 2.96. The Hall–Kier alpha value is -0.720. The van der Waals surface area contributed by atoms with E-state index in [2.05, 4.69) is 0 Å². The van der Waals surface area contributed by atoms with E-state index in [4.69, 9.17) is 37.9 Å². The maximum Gasteiger partial charge on any atom is 0.187 e. The van der Waals surface area contributed by atoms with Crippen LogP contribution in [0.4, 0.5) is 0 Å². The van der Waals surface area contributed by atoms with Gasteiger partial charge in [0, 0.05) is 14.2 Å². The Morgan fingerprint density at radius 3 is 1.52 bits per heavy atom. The van der Waals surface area contributed by atoms with Gasteiger partial charge >= 0.3 is 0 Å². The number of methoxy groups -OCH3 is 2. The molecular weight excluding hydrogens is 598 g/mol. The van der Waals surface area contributed by atoms with Crippen LogP contribution in [0.15, 0.2) is 0 Å². The van der Waals surface area contributed by atoms with Gasteiger partial charge in [0.15, 0.2) is 18.9 Å². The summed E-state index contributed by atoms with van der Waals surface area (Å²) in [5.41, 5.74) is 0. The largest absolute Gasteiger partial charge is 0.394 e. The van der Waals surface area contributed by atoms with Gasteiger partial charge in [0.2, 0.25) is 0 Å². The zero-order chi connectivity index (χ0) is 32.9. The van der Waals surface area contributed by atoms with Crippen molar-refractivity contribution in [2.45, 2.75) is 98.2 Å². The highest BCUT2D eigenvalue weighted by Gasteiger charge is 2.53. The van der Waals surface area contributed by atoms with Crippen molar-refractivity contribution in [2.75, 3.05) is 68.3 Å². The summed E-state index contributed by atoms with van der Waals surface area (Å²) in [5.74, 6) is 0. The van der Waals surface area contributed by atoms with Gasteiger partial charge in [-0.1, -0.05) is 0 Å². The number of likely N-dealkylation sites (N-methyl/N-ethyl adjacent to an activating group) is 1. The molecule has 0 amide bonds. The number of rotatable bonds is 14. The molecule has 3 heterocycles. The summed E-state index contributed by atoms with van der Waals surface area (Å²) >= 11 is 0. The Morgan fingerprint density at radius 2 is 1.05 bits per heavy atom. The zero-order valence-corrected chi connectivity index (χ0v) is 25.5. The SMILES string of the molecule is CO[C@@H]1OC(CO)[C@@H](O[C@H]2OC(COCC(O)C[N+](C)(C)C)[C@@H](O[C@@H]3OC(CO)[C@@H](OC)[C@H](O)C3O)[C@H](O)C2O)[C@H](O)C1O. The Kier molecular flexibility index (Phi) is 14.1. The van der Waals surface area contributed by atoms with Gasteiger partial charge in [-0.25, -0.2) is 0 Å². The van der Waals surface area contributed by atoms with Crippen molar-refractivity contribution in [3.8, 4) is 0 Å². The van der Waals surface area contributed by atoms with Crippen LogP contribution >= 0.6 is 0 Å². The number of nitrogens with zero attached hydrogens (tertiary/aromatic N) is 1. The molecule has 0 radical (unpaired) electrons. The van der Waals surface area contributed by atoms with Crippen LogP contribution in [0, 0.1) is 0 Å². The van der Waals surface area contributed by atoms with Crippen LogP contribution in [0.25, 0.3) is 0 Å². The molecule has 3 saturated heterocycles. The lowest BCUT2D eigenvalue weighted by Crippen LogP contribution is -2.66. The quantitative estimate of drug-likeness (QED) is 0.0794. The van der Waals surface area contributed by atoms with E-state index in [1.54, 1.807) is 0 Å². The number of ether oxygens (including phenoxy) is 8. The Balaban J connectivity index is 1.80. The van der Waals surface area contributed by atoms with Crippen molar-refractivity contribution in [3.63, 3.8) is 0 Å². The molecule has 0 bridgehead atoms. The molecule has 0 aromatic rings. The smallest absolute Gasteiger partial charge is 0.187 e. The van der Waals surface area contributed by atoms with Crippen LogP contribution in [0.5, 0.6) is 0 Å². The molecule has 7 unspecified atom stereocenters. The number of quaternary nitrogens is 1. The summed E-state index contributed by atoms with van der Waals surface area (Å²) in [7, 11) is 8.12. The second kappa shape index (κ2) is 16.4. The van der Waals surface area contributed by atoms with E-state index in [1.165, 1.54) is 14.2 Å². The first-order valence-corrected chi connectivity index (χ1v) is 14.4. The minimum absolute atomic E-state index is 0.151. The summed E-state index contributed by atoms with van der Waals surface area (Å²) in [6.45, 7) is -1.43. The molecule has 260 valence electrons. The molecule has 18 heteroatoms. The summed E-state index contributed by atoms with van der Waals surface area (Å²) < 4.78 is 44.7. The predicted octanol–water partition coefficient (Wildman–Crippen LogP) is -6.17. The van der Waals surface area contributed by atoms with Gasteiger partial charge < -0.3 is 88.3 Å². The number of aliphatic hydroxyl groups excluding tert-OH is 9. The van der Waals surface area contributed by atoms with Crippen LogP contribution in [-0.2, 0) is 37.9 Å². The normalized spacial score (nSPS) is 44.5. The number of hydrogen-bond donors (Lipinski definition) is 9. The third-order valence-corrected chi connectivity index (χ3v) is 7.72. The van der Waals surface area contributed by atoms with Crippen molar-refractivity contribution in [1.29, 1.82) is 0 Å². The van der Waals surface area contributed by atoms with E-state index in [0.717, 1.165) is 0 Å². The second-order valence-electron chi connectivity index (χ2n) is 12.2. The van der Waals surface area contributed by atoms with Gasteiger partial charge in [-0.2, -0.15) is 0 Å². The fourth-order valence-electron chi connectivity index (χ4n) is 5.51. The molecule has 16 atom stereocenters. The predicted molar refractivity (Wildman–Crippen MR) is 143 cm³/mol. The highest BCUT2D eigenvalue weighted by Crippen LogP contribution is 2.33. The Bertz CT molecular complexity index is 848. The first kappa shape index (κ1) is 37.7. The molecule has 3 aliphatic heterocycles. The molecule has 0 aromatic heterocycles. The molecule has 3 aliphatic rings. The summed E-state index contributed by atoms with van der Waals surface area (Å²) in [6, 6.07) is 0. The van der Waals surface area contributed by atoms with Crippen LogP contribution in [0.1, 0.15) is 0 Å². The van der Waals surface area contributed by atoms with Gasteiger partial charge in [0.25, 0.3) is 0 Å². The lowest BCUT2D eigenvalue weighted by atomic mass is 9.96. The number of hydrogen-bond acceptors (Lipinski definition) is 17. The van der Waals surface area contributed by atoms with Gasteiger partial charge in [-0.3, -0.25) is 0 Å². The average molecular weight is 649 g/mol. The molecule has 18 nitrogen and oxygen atoms in total. The maximum atomic E-state index is 11.2. The minimum atomic E-state index is -1.87. The van der Waals surface area contributed by atoms with Crippen LogP contribution < -0.4 is 0 Å². The first-order chi connectivity index (χ1) is 20.7. The first-order valence-electron chi connectivity index (χ1n) is 14.4. The topological polar surface area (TPSA) is 256 Å². The zero-order valence-electron chi connectivity index (χ0n) is 25.5. The highest BCUT2D eigenvalue weighted by molar-refractivity contribution is 4.96. The molecule has 0 saturated carbocycles. The summed E-state index contributed by atoms with van der Waals surface area (Å²) in [4.78, 5) is 0. The standard InChI is InChI=1S/C26H50NO17/c1-27(2,3)6-11(30)9-39-10-14-23(44-25-19(35)15(31)21(37-4)12(7-28)41-25)17(33)20(36)26(42-14)43-22-13(8-29)40-24(38-5)18(34)16(22)32/h11-26,28-36H,6-10H2,1-5H3/q+1/t11?,12?,13?,14?,15-,16-,17-,18?,19?,20?,21-,22-,23-,24-,25+,26-/m1/s1. The van der Waals surface area contributed by atoms with Crippen molar-refractivity contribution < 1.29 is 88.3 Å².